The zero-order chi connectivity index (χ0) is 17.8. The third-order valence-electron chi connectivity index (χ3n) is 3.50. The van der Waals surface area contributed by atoms with E-state index in [4.69, 9.17) is 0 Å². The summed E-state index contributed by atoms with van der Waals surface area (Å²) in [4.78, 5) is 16.6. The highest BCUT2D eigenvalue weighted by atomic mass is 79.9. The van der Waals surface area contributed by atoms with Crippen LogP contribution < -0.4 is 5.32 Å². The van der Waals surface area contributed by atoms with Gasteiger partial charge in [0.05, 0.1) is 0 Å². The molecule has 5 nitrogen and oxygen atoms in total. The minimum Gasteiger partial charge on any atom is -0.322 e. The molecule has 25 heavy (non-hydrogen) atoms. The standard InChI is InChI=1S/C17H14Br2N4OS/c1-10-14(18)6-13(7-15(10)19)22-16(24)12-4-2-3-11(5-12)8-25-17-20-9-21-23-17/h2-7,9H,8H2,1H3,(H,22,24)(H,20,21,23). The van der Waals surface area contributed by atoms with Crippen molar-refractivity contribution in [1.82, 2.24) is 15.2 Å². The molecule has 8 heteroatoms. The first-order chi connectivity index (χ1) is 12.0. The third-order valence-corrected chi connectivity index (χ3v) is 6.09. The van der Waals surface area contributed by atoms with Crippen molar-refractivity contribution < 1.29 is 4.79 Å². The highest BCUT2D eigenvalue weighted by Gasteiger charge is 2.10. The molecule has 2 aromatic carbocycles. The highest BCUT2D eigenvalue weighted by Crippen LogP contribution is 2.29. The minimum absolute atomic E-state index is 0.144. The lowest BCUT2D eigenvalue weighted by molar-refractivity contribution is 0.102. The van der Waals surface area contributed by atoms with Crippen LogP contribution in [0.4, 0.5) is 5.69 Å². The second-order valence-corrected chi connectivity index (χ2v) is 7.97. The number of halogens is 2. The number of amides is 1. The molecule has 0 fully saturated rings. The molecule has 1 heterocycles. The van der Waals surface area contributed by atoms with Crippen LogP contribution in [0.1, 0.15) is 21.5 Å². The van der Waals surface area contributed by atoms with Crippen molar-refractivity contribution >= 4 is 55.2 Å². The summed E-state index contributed by atoms with van der Waals surface area (Å²) in [6.07, 6.45) is 1.48. The van der Waals surface area contributed by atoms with Gasteiger partial charge in [-0.2, -0.15) is 5.10 Å². The molecule has 0 unspecified atom stereocenters. The molecule has 0 atom stereocenters. The number of rotatable bonds is 5. The van der Waals surface area contributed by atoms with E-state index in [0.29, 0.717) is 11.3 Å². The van der Waals surface area contributed by atoms with Gasteiger partial charge in [0.2, 0.25) is 0 Å². The number of aromatic amines is 1. The minimum atomic E-state index is -0.144. The molecule has 3 aromatic rings. The molecule has 0 saturated carbocycles. The lowest BCUT2D eigenvalue weighted by Gasteiger charge is -2.10. The number of benzene rings is 2. The Hall–Kier alpha value is -1.64. The molecule has 2 N–H and O–H groups in total. The molecule has 0 aliphatic heterocycles. The Morgan fingerprint density at radius 3 is 2.68 bits per heavy atom. The quantitative estimate of drug-likeness (QED) is 0.492. The van der Waals surface area contributed by atoms with Gasteiger partial charge in [-0.15, -0.1) is 0 Å². The Bertz CT molecular complexity index is 876. The van der Waals surface area contributed by atoms with Gasteiger partial charge in [-0.1, -0.05) is 55.8 Å². The van der Waals surface area contributed by atoms with E-state index in [-0.39, 0.29) is 5.91 Å². The zero-order valence-corrected chi connectivity index (χ0v) is 17.2. The number of nitrogens with one attached hydrogen (secondary N) is 2. The van der Waals surface area contributed by atoms with Crippen molar-refractivity contribution in [3.63, 3.8) is 0 Å². The molecular weight excluding hydrogens is 468 g/mol. The molecule has 0 bridgehead atoms. The fourth-order valence-corrected chi connectivity index (χ4v) is 4.05. The maximum absolute atomic E-state index is 12.5. The number of aromatic nitrogens is 3. The second kappa shape index (κ2) is 8.16. The smallest absolute Gasteiger partial charge is 0.255 e. The Kier molecular flexibility index (Phi) is 5.93. The van der Waals surface area contributed by atoms with Crippen LogP contribution in [0.25, 0.3) is 0 Å². The second-order valence-electron chi connectivity index (χ2n) is 5.30. The van der Waals surface area contributed by atoms with Crippen molar-refractivity contribution in [3.8, 4) is 0 Å². The number of carbonyl (C=O) groups excluding carboxylic acids is 1. The summed E-state index contributed by atoms with van der Waals surface area (Å²) in [6, 6.07) is 11.3. The predicted molar refractivity (Wildman–Crippen MR) is 107 cm³/mol. The van der Waals surface area contributed by atoms with Crippen LogP contribution in [0.15, 0.2) is 56.8 Å². The van der Waals surface area contributed by atoms with E-state index in [1.165, 1.54) is 18.1 Å². The van der Waals surface area contributed by atoms with E-state index in [9.17, 15) is 4.79 Å². The Morgan fingerprint density at radius 1 is 1.24 bits per heavy atom. The van der Waals surface area contributed by atoms with Crippen molar-refractivity contribution in [2.24, 2.45) is 0 Å². The van der Waals surface area contributed by atoms with Crippen molar-refractivity contribution in [2.45, 2.75) is 17.8 Å². The van der Waals surface area contributed by atoms with Gasteiger partial charge < -0.3 is 5.32 Å². The van der Waals surface area contributed by atoms with Crippen LogP contribution in [0, 0.1) is 6.92 Å². The van der Waals surface area contributed by atoms with Gasteiger partial charge in [-0.05, 0) is 42.3 Å². The van der Waals surface area contributed by atoms with Crippen LogP contribution in [0.5, 0.6) is 0 Å². The normalized spacial score (nSPS) is 10.7. The molecule has 0 spiro atoms. The maximum Gasteiger partial charge on any atom is 0.255 e. The van der Waals surface area contributed by atoms with Gasteiger partial charge in [0, 0.05) is 25.9 Å². The summed E-state index contributed by atoms with van der Waals surface area (Å²) < 4.78 is 1.88. The number of thioether (sulfide) groups is 1. The van der Waals surface area contributed by atoms with E-state index >= 15 is 0 Å². The third kappa shape index (κ3) is 4.71. The first-order valence-corrected chi connectivity index (χ1v) is 9.94. The van der Waals surface area contributed by atoms with Gasteiger partial charge in [0.1, 0.15) is 6.33 Å². The average Bonchev–Trinajstić information content (AvgIpc) is 3.11. The van der Waals surface area contributed by atoms with E-state index in [2.05, 4.69) is 52.4 Å². The van der Waals surface area contributed by atoms with E-state index in [1.54, 1.807) is 6.07 Å². The van der Waals surface area contributed by atoms with Gasteiger partial charge >= 0.3 is 0 Å². The molecular formula is C17H14Br2N4OS. The molecule has 0 radical (unpaired) electrons. The Morgan fingerprint density at radius 2 is 2.00 bits per heavy atom. The molecule has 0 aliphatic carbocycles. The monoisotopic (exact) mass is 480 g/mol. The van der Waals surface area contributed by atoms with Crippen molar-refractivity contribution in [2.75, 3.05) is 5.32 Å². The van der Waals surface area contributed by atoms with Gasteiger partial charge in [-0.25, -0.2) is 4.98 Å². The molecule has 0 aliphatic rings. The fourth-order valence-electron chi connectivity index (χ4n) is 2.14. The Balaban J connectivity index is 1.71. The lowest BCUT2D eigenvalue weighted by atomic mass is 10.1. The average molecular weight is 482 g/mol. The van der Waals surface area contributed by atoms with Gasteiger partial charge in [0.15, 0.2) is 5.16 Å². The predicted octanol–water partition coefficient (Wildman–Crippen LogP) is 5.18. The van der Waals surface area contributed by atoms with Gasteiger partial charge in [0.25, 0.3) is 5.91 Å². The van der Waals surface area contributed by atoms with Crippen LogP contribution in [0.2, 0.25) is 0 Å². The summed E-state index contributed by atoms with van der Waals surface area (Å²) >= 11 is 8.53. The Labute approximate surface area is 166 Å². The summed E-state index contributed by atoms with van der Waals surface area (Å²) in [5.74, 6) is 0.562. The molecule has 3 rings (SSSR count). The molecule has 128 valence electrons. The molecule has 0 saturated heterocycles. The number of carbonyl (C=O) groups is 1. The van der Waals surface area contributed by atoms with Crippen LogP contribution in [-0.4, -0.2) is 21.1 Å². The van der Waals surface area contributed by atoms with Gasteiger partial charge in [-0.3, -0.25) is 9.89 Å². The summed E-state index contributed by atoms with van der Waals surface area (Å²) in [7, 11) is 0. The number of hydrogen-bond donors (Lipinski definition) is 2. The summed E-state index contributed by atoms with van der Waals surface area (Å²) in [5, 5.41) is 10.3. The number of nitrogens with zero attached hydrogens (tertiary/aromatic N) is 2. The molecule has 1 amide bonds. The van der Waals surface area contributed by atoms with E-state index < -0.39 is 0 Å². The van der Waals surface area contributed by atoms with Crippen LogP contribution in [-0.2, 0) is 5.75 Å². The fraction of sp³-hybridized carbons (Fsp3) is 0.118. The largest absolute Gasteiger partial charge is 0.322 e. The summed E-state index contributed by atoms with van der Waals surface area (Å²) in [5.41, 5.74) is 3.48. The SMILES string of the molecule is Cc1c(Br)cc(NC(=O)c2cccc(CSc3ncn[nH]3)c2)cc1Br. The highest BCUT2D eigenvalue weighted by molar-refractivity contribution is 9.11. The van der Waals surface area contributed by atoms with Crippen LogP contribution in [0.3, 0.4) is 0 Å². The first-order valence-electron chi connectivity index (χ1n) is 7.37. The number of anilines is 1. The van der Waals surface area contributed by atoms with Crippen LogP contribution >= 0.6 is 43.6 Å². The lowest BCUT2D eigenvalue weighted by Crippen LogP contribution is -2.12. The van der Waals surface area contributed by atoms with Crippen molar-refractivity contribution in [3.05, 3.63) is 68.4 Å². The van der Waals surface area contributed by atoms with Crippen molar-refractivity contribution in [1.29, 1.82) is 0 Å². The van der Waals surface area contributed by atoms with E-state index in [0.717, 1.165) is 30.9 Å². The van der Waals surface area contributed by atoms with E-state index in [1.807, 2.05) is 37.3 Å². The molecule has 1 aromatic heterocycles. The number of hydrogen-bond acceptors (Lipinski definition) is 4. The first kappa shape index (κ1) is 18.2. The zero-order valence-electron chi connectivity index (χ0n) is 13.2. The number of H-pyrrole nitrogens is 1. The summed E-state index contributed by atoms with van der Waals surface area (Å²) in [6.45, 7) is 2.00. The maximum atomic E-state index is 12.5. The topological polar surface area (TPSA) is 70.7 Å².